The summed E-state index contributed by atoms with van der Waals surface area (Å²) in [6.45, 7) is 4.51. The van der Waals surface area contributed by atoms with E-state index < -0.39 is 10.8 Å². The van der Waals surface area contributed by atoms with Gasteiger partial charge in [-0.1, -0.05) is 12.1 Å². The number of rotatable bonds is 5. The van der Waals surface area contributed by atoms with E-state index in [0.29, 0.717) is 35.1 Å². The first-order chi connectivity index (χ1) is 15.4. The summed E-state index contributed by atoms with van der Waals surface area (Å²) in [4.78, 5) is 28.5. The second kappa shape index (κ2) is 7.51. The standard InChI is InChI=1S/C23H24N2O6S/c1-23(2)19(20(26)24-10-12-5-7-14-16(9-12)31-11-30-14)25-21(27)17-13(22(25)32-23)6-8-15(28-3)18(17)29-4/h5-9,19,22H,10-11H2,1-4H3,(H,24,26)/t19-,22+/m1/s1. The van der Waals surface area contributed by atoms with Gasteiger partial charge in [-0.3, -0.25) is 9.59 Å². The molecule has 2 aromatic carbocycles. The van der Waals surface area contributed by atoms with Gasteiger partial charge in [0, 0.05) is 16.9 Å². The highest BCUT2D eigenvalue weighted by atomic mass is 32.2. The van der Waals surface area contributed by atoms with Crippen molar-refractivity contribution in [1.29, 1.82) is 0 Å². The van der Waals surface area contributed by atoms with Gasteiger partial charge in [0.05, 0.1) is 19.8 Å². The van der Waals surface area contributed by atoms with Crippen molar-refractivity contribution in [2.24, 2.45) is 0 Å². The lowest BCUT2D eigenvalue weighted by Gasteiger charge is -2.29. The van der Waals surface area contributed by atoms with Crippen LogP contribution in [-0.4, -0.2) is 48.5 Å². The molecule has 1 fully saturated rings. The third kappa shape index (κ3) is 3.06. The van der Waals surface area contributed by atoms with Crippen LogP contribution in [0.1, 0.15) is 40.7 Å². The van der Waals surface area contributed by atoms with Gasteiger partial charge in [0.25, 0.3) is 5.91 Å². The number of nitrogens with one attached hydrogen (secondary N) is 1. The molecule has 3 heterocycles. The van der Waals surface area contributed by atoms with Gasteiger partial charge in [0.1, 0.15) is 11.4 Å². The average Bonchev–Trinajstić information content (AvgIpc) is 3.43. The van der Waals surface area contributed by atoms with Crippen LogP contribution in [0.2, 0.25) is 0 Å². The highest BCUT2D eigenvalue weighted by molar-refractivity contribution is 8.01. The molecular weight excluding hydrogens is 432 g/mol. The van der Waals surface area contributed by atoms with Crippen LogP contribution in [-0.2, 0) is 11.3 Å². The van der Waals surface area contributed by atoms with Crippen LogP contribution < -0.4 is 24.3 Å². The molecule has 0 saturated carbocycles. The fraction of sp³-hybridized carbons (Fsp3) is 0.391. The monoisotopic (exact) mass is 456 g/mol. The molecule has 2 amide bonds. The van der Waals surface area contributed by atoms with Crippen LogP contribution in [0.3, 0.4) is 0 Å². The van der Waals surface area contributed by atoms with Crippen molar-refractivity contribution in [1.82, 2.24) is 10.2 Å². The summed E-state index contributed by atoms with van der Waals surface area (Å²) >= 11 is 1.60. The molecule has 5 rings (SSSR count). The van der Waals surface area contributed by atoms with Crippen LogP contribution in [0, 0.1) is 0 Å². The van der Waals surface area contributed by atoms with E-state index in [1.54, 1.807) is 22.7 Å². The van der Waals surface area contributed by atoms with Crippen molar-refractivity contribution in [3.05, 3.63) is 47.0 Å². The quantitative estimate of drug-likeness (QED) is 0.740. The summed E-state index contributed by atoms with van der Waals surface area (Å²) in [7, 11) is 3.05. The van der Waals surface area contributed by atoms with Crippen molar-refractivity contribution < 1.29 is 28.5 Å². The Morgan fingerprint density at radius 3 is 2.72 bits per heavy atom. The Bertz CT molecular complexity index is 1120. The number of ether oxygens (including phenoxy) is 4. The van der Waals surface area contributed by atoms with Gasteiger partial charge >= 0.3 is 0 Å². The molecule has 8 nitrogen and oxygen atoms in total. The zero-order valence-electron chi connectivity index (χ0n) is 18.3. The van der Waals surface area contributed by atoms with Crippen molar-refractivity contribution >= 4 is 23.6 Å². The number of fused-ring (bicyclic) bond motifs is 4. The van der Waals surface area contributed by atoms with E-state index >= 15 is 0 Å². The van der Waals surface area contributed by atoms with Gasteiger partial charge in [0.2, 0.25) is 12.7 Å². The van der Waals surface area contributed by atoms with E-state index in [2.05, 4.69) is 5.32 Å². The van der Waals surface area contributed by atoms with Crippen LogP contribution >= 0.6 is 11.8 Å². The molecule has 0 radical (unpaired) electrons. The Hall–Kier alpha value is -3.07. The first-order valence-corrected chi connectivity index (χ1v) is 11.1. The van der Waals surface area contributed by atoms with E-state index in [4.69, 9.17) is 18.9 Å². The van der Waals surface area contributed by atoms with Gasteiger partial charge < -0.3 is 29.2 Å². The van der Waals surface area contributed by atoms with Crippen LogP contribution in [0.4, 0.5) is 0 Å². The Morgan fingerprint density at radius 1 is 1.19 bits per heavy atom. The molecule has 168 valence electrons. The Labute approximate surface area is 190 Å². The number of carbonyl (C=O) groups is 2. The maximum atomic E-state index is 13.5. The first-order valence-electron chi connectivity index (χ1n) is 10.3. The SMILES string of the molecule is COc1ccc2c(c1OC)C(=O)N1[C@H]2SC(C)(C)[C@H]1C(=O)NCc1ccc2c(c1)OCO2. The van der Waals surface area contributed by atoms with Gasteiger partial charge in [-0.05, 0) is 37.6 Å². The molecule has 2 aromatic rings. The lowest BCUT2D eigenvalue weighted by molar-refractivity contribution is -0.126. The summed E-state index contributed by atoms with van der Waals surface area (Å²) in [5, 5.41) is 2.74. The average molecular weight is 457 g/mol. The number of carbonyl (C=O) groups excluding carboxylic acids is 2. The van der Waals surface area contributed by atoms with E-state index in [-0.39, 0.29) is 24.0 Å². The molecule has 2 atom stereocenters. The topological polar surface area (TPSA) is 86.3 Å². The molecule has 1 N–H and O–H groups in total. The molecule has 0 unspecified atom stereocenters. The lowest BCUT2D eigenvalue weighted by atomic mass is 10.0. The minimum absolute atomic E-state index is 0.199. The third-order valence-electron chi connectivity index (χ3n) is 6.05. The highest BCUT2D eigenvalue weighted by Gasteiger charge is 2.58. The number of hydrogen-bond acceptors (Lipinski definition) is 7. The van der Waals surface area contributed by atoms with Crippen LogP contribution in [0.5, 0.6) is 23.0 Å². The van der Waals surface area contributed by atoms with E-state index in [1.165, 1.54) is 14.2 Å². The van der Waals surface area contributed by atoms with Crippen molar-refractivity contribution in [2.45, 2.75) is 36.6 Å². The predicted molar refractivity (Wildman–Crippen MR) is 118 cm³/mol. The fourth-order valence-electron chi connectivity index (χ4n) is 4.59. The highest BCUT2D eigenvalue weighted by Crippen LogP contribution is 2.58. The number of nitrogens with zero attached hydrogens (tertiary/aromatic N) is 1. The van der Waals surface area contributed by atoms with Crippen LogP contribution in [0.25, 0.3) is 0 Å². The Morgan fingerprint density at radius 2 is 1.97 bits per heavy atom. The number of methoxy groups -OCH3 is 2. The second-order valence-electron chi connectivity index (χ2n) is 8.36. The fourth-order valence-corrected chi connectivity index (χ4v) is 6.17. The maximum Gasteiger partial charge on any atom is 0.260 e. The summed E-state index contributed by atoms with van der Waals surface area (Å²) in [5.74, 6) is 1.84. The Kier molecular flexibility index (Phi) is 4.88. The normalized spacial score (nSPS) is 21.9. The molecular formula is C23H24N2O6S. The van der Waals surface area contributed by atoms with Crippen LogP contribution in [0.15, 0.2) is 30.3 Å². The van der Waals surface area contributed by atoms with Gasteiger partial charge in [-0.15, -0.1) is 11.8 Å². The molecule has 3 aliphatic heterocycles. The summed E-state index contributed by atoms with van der Waals surface area (Å²) in [6.07, 6.45) is 0. The number of amides is 2. The van der Waals surface area contributed by atoms with Gasteiger partial charge in [-0.25, -0.2) is 0 Å². The summed E-state index contributed by atoms with van der Waals surface area (Å²) < 4.78 is 21.1. The minimum Gasteiger partial charge on any atom is -0.493 e. The molecule has 0 aliphatic carbocycles. The number of benzene rings is 2. The summed E-state index contributed by atoms with van der Waals surface area (Å²) in [6, 6.07) is 8.62. The predicted octanol–water partition coefficient (Wildman–Crippen LogP) is 3.10. The molecule has 0 spiro atoms. The first kappa shape index (κ1) is 20.8. The molecule has 32 heavy (non-hydrogen) atoms. The summed E-state index contributed by atoms with van der Waals surface area (Å²) in [5.41, 5.74) is 2.20. The minimum atomic E-state index is -0.637. The largest absolute Gasteiger partial charge is 0.493 e. The molecule has 3 aliphatic rings. The zero-order chi connectivity index (χ0) is 22.6. The second-order valence-corrected chi connectivity index (χ2v) is 10.1. The smallest absolute Gasteiger partial charge is 0.260 e. The number of thioether (sulfide) groups is 1. The van der Waals surface area contributed by atoms with E-state index in [9.17, 15) is 9.59 Å². The van der Waals surface area contributed by atoms with Gasteiger partial charge in [-0.2, -0.15) is 0 Å². The zero-order valence-corrected chi connectivity index (χ0v) is 19.1. The maximum absolute atomic E-state index is 13.5. The van der Waals surface area contributed by atoms with E-state index in [1.807, 2.05) is 38.1 Å². The van der Waals surface area contributed by atoms with Crippen molar-refractivity contribution in [2.75, 3.05) is 21.0 Å². The molecule has 0 aromatic heterocycles. The lowest BCUT2D eigenvalue weighted by Crippen LogP contribution is -2.52. The molecule has 1 saturated heterocycles. The van der Waals surface area contributed by atoms with Gasteiger partial charge in [0.15, 0.2) is 23.0 Å². The van der Waals surface area contributed by atoms with Crippen molar-refractivity contribution in [3.63, 3.8) is 0 Å². The number of hydrogen-bond donors (Lipinski definition) is 1. The van der Waals surface area contributed by atoms with E-state index in [0.717, 1.165) is 11.1 Å². The van der Waals surface area contributed by atoms with Crippen molar-refractivity contribution in [3.8, 4) is 23.0 Å². The Balaban J connectivity index is 1.41. The molecule has 9 heteroatoms. The third-order valence-corrected chi connectivity index (χ3v) is 7.58. The molecule has 0 bridgehead atoms.